The van der Waals surface area contributed by atoms with Crippen LogP contribution in [0.2, 0.25) is 0 Å². The molecule has 2 aliphatic carbocycles. The van der Waals surface area contributed by atoms with E-state index in [0.717, 1.165) is 3.57 Å². The zero-order chi connectivity index (χ0) is 23.0. The van der Waals surface area contributed by atoms with Crippen molar-refractivity contribution in [2.75, 3.05) is 13.2 Å². The topological polar surface area (TPSA) is 94.1 Å². The summed E-state index contributed by atoms with van der Waals surface area (Å²) in [4.78, 5) is 25.6. The van der Waals surface area contributed by atoms with E-state index < -0.39 is 30.1 Å². The van der Waals surface area contributed by atoms with Crippen LogP contribution in [0.4, 0.5) is 0 Å². The number of aliphatic hydroxyl groups excluding tert-OH is 1. The fourth-order valence-electron chi connectivity index (χ4n) is 4.77. The van der Waals surface area contributed by atoms with Gasteiger partial charge in [-0.15, -0.1) is 0 Å². The number of benzene rings is 2. The smallest absolute Gasteiger partial charge is 0.338 e. The maximum Gasteiger partial charge on any atom is 0.338 e. The van der Waals surface area contributed by atoms with Gasteiger partial charge in [0.15, 0.2) is 5.79 Å². The average Bonchev–Trinajstić information content (AvgIpc) is 3.35. The van der Waals surface area contributed by atoms with Crippen molar-refractivity contribution in [1.29, 1.82) is 0 Å². The van der Waals surface area contributed by atoms with Gasteiger partial charge in [-0.25, -0.2) is 4.79 Å². The van der Waals surface area contributed by atoms with Gasteiger partial charge in [0, 0.05) is 35.0 Å². The van der Waals surface area contributed by atoms with Crippen LogP contribution in [0, 0.1) is 3.57 Å². The van der Waals surface area contributed by atoms with Gasteiger partial charge >= 0.3 is 5.97 Å². The van der Waals surface area contributed by atoms with Crippen LogP contribution >= 0.6 is 22.6 Å². The number of rotatable bonds is 5. The van der Waals surface area contributed by atoms with Crippen molar-refractivity contribution in [3.05, 3.63) is 80.4 Å². The fraction of sp³-hybridized carbons (Fsp3) is 0.360. The second-order valence-corrected chi connectivity index (χ2v) is 9.77. The highest BCUT2D eigenvalue weighted by molar-refractivity contribution is 14.1. The summed E-state index contributed by atoms with van der Waals surface area (Å²) in [7, 11) is 0. The Kier molecular flexibility index (Phi) is 6.26. The van der Waals surface area contributed by atoms with Crippen molar-refractivity contribution in [2.24, 2.45) is 0 Å². The summed E-state index contributed by atoms with van der Waals surface area (Å²) in [5.41, 5.74) is 3.25. The van der Waals surface area contributed by atoms with Gasteiger partial charge in [-0.2, -0.15) is 0 Å². The normalized spacial score (nSPS) is 24.7. The molecule has 2 aromatic rings. The molecule has 7 nitrogen and oxygen atoms in total. The van der Waals surface area contributed by atoms with Crippen LogP contribution < -0.4 is 5.32 Å². The number of hydrogen-bond acceptors (Lipinski definition) is 6. The van der Waals surface area contributed by atoms with Crippen molar-refractivity contribution in [1.82, 2.24) is 5.32 Å². The molecule has 1 fully saturated rings. The number of hydrogen-bond donors (Lipinski definition) is 2. The van der Waals surface area contributed by atoms with Crippen LogP contribution in [0.5, 0.6) is 0 Å². The first-order chi connectivity index (χ1) is 16.0. The summed E-state index contributed by atoms with van der Waals surface area (Å²) in [5, 5.41) is 11.7. The molecule has 5 rings (SSSR count). The predicted octanol–water partition coefficient (Wildman–Crippen LogP) is 2.53. The molecule has 172 valence electrons. The molecule has 0 bridgehead atoms. The zero-order valence-electron chi connectivity index (χ0n) is 17.8. The van der Waals surface area contributed by atoms with Crippen LogP contribution in [0.3, 0.4) is 0 Å². The number of nitrogens with one attached hydrogen (secondary N) is 1. The average molecular weight is 561 g/mol. The Hall–Kier alpha value is -2.27. The van der Waals surface area contributed by atoms with E-state index in [2.05, 4.69) is 40.0 Å². The van der Waals surface area contributed by atoms with E-state index in [4.69, 9.17) is 19.3 Å². The third-order valence-electron chi connectivity index (χ3n) is 6.22. The standard InChI is InChI=1S/C25H24INO6/c26-19-7-3-6-15(10-19)24(30)31-20-11-18(23(29)27-8-9-28)12-21-22(20)33-25(32-21)13-16-4-1-2-5-17(16)14-25/h1-7,10,12,20-22,28H,8-9,11,13-14H2,(H,27,29). The summed E-state index contributed by atoms with van der Waals surface area (Å²) < 4.78 is 19.7. The number of amides is 1. The second-order valence-electron chi connectivity index (χ2n) is 8.53. The van der Waals surface area contributed by atoms with Gasteiger partial charge in [-0.05, 0) is 58.0 Å². The van der Waals surface area contributed by atoms with E-state index in [1.54, 1.807) is 24.3 Å². The third-order valence-corrected chi connectivity index (χ3v) is 6.90. The first-order valence-corrected chi connectivity index (χ1v) is 12.0. The Balaban J connectivity index is 1.40. The Bertz CT molecular complexity index is 1090. The molecule has 0 radical (unpaired) electrons. The number of fused-ring (bicyclic) bond motifs is 2. The summed E-state index contributed by atoms with van der Waals surface area (Å²) in [5.74, 6) is -1.61. The Morgan fingerprint density at radius 3 is 2.58 bits per heavy atom. The summed E-state index contributed by atoms with van der Waals surface area (Å²) in [6, 6.07) is 15.3. The number of aliphatic hydroxyl groups is 1. The molecule has 2 N–H and O–H groups in total. The SMILES string of the molecule is O=C(NCCO)C1=CC2OC3(Cc4ccccc4C3)OC2C(OC(=O)c2cccc(I)c2)C1. The lowest BCUT2D eigenvalue weighted by atomic mass is 9.91. The van der Waals surface area contributed by atoms with Gasteiger partial charge in [-0.1, -0.05) is 30.3 Å². The van der Waals surface area contributed by atoms with E-state index in [-0.39, 0.29) is 25.5 Å². The van der Waals surface area contributed by atoms with Crippen LogP contribution in [-0.2, 0) is 31.8 Å². The van der Waals surface area contributed by atoms with Crippen LogP contribution in [-0.4, -0.2) is 54.2 Å². The van der Waals surface area contributed by atoms with Gasteiger partial charge in [-0.3, -0.25) is 4.79 Å². The van der Waals surface area contributed by atoms with E-state index in [9.17, 15) is 9.59 Å². The van der Waals surface area contributed by atoms with Gasteiger partial charge in [0.2, 0.25) is 5.91 Å². The predicted molar refractivity (Wildman–Crippen MR) is 127 cm³/mol. The van der Waals surface area contributed by atoms with E-state index in [1.807, 2.05) is 18.2 Å². The first-order valence-electron chi connectivity index (χ1n) is 10.9. The summed E-state index contributed by atoms with van der Waals surface area (Å²) >= 11 is 2.15. The Morgan fingerprint density at radius 2 is 1.88 bits per heavy atom. The highest BCUT2D eigenvalue weighted by Crippen LogP contribution is 2.44. The molecule has 8 heteroatoms. The molecular formula is C25H24INO6. The lowest BCUT2D eigenvalue weighted by Crippen LogP contribution is -2.44. The van der Waals surface area contributed by atoms with Crippen LogP contribution in [0.1, 0.15) is 27.9 Å². The van der Waals surface area contributed by atoms with Crippen molar-refractivity contribution in [3.63, 3.8) is 0 Å². The lowest BCUT2D eigenvalue weighted by molar-refractivity contribution is -0.172. The fourth-order valence-corrected chi connectivity index (χ4v) is 5.31. The number of carbonyl (C=O) groups excluding carboxylic acids is 2. The molecule has 3 aliphatic rings. The highest BCUT2D eigenvalue weighted by Gasteiger charge is 2.55. The summed E-state index contributed by atoms with van der Waals surface area (Å²) in [6.07, 6.45) is 1.48. The van der Waals surface area contributed by atoms with Gasteiger partial charge < -0.3 is 24.6 Å². The summed E-state index contributed by atoms with van der Waals surface area (Å²) in [6.45, 7) is -0.00904. The molecule has 1 saturated heterocycles. The minimum atomic E-state index is -0.834. The Morgan fingerprint density at radius 1 is 1.12 bits per heavy atom. The molecular weight excluding hydrogens is 537 g/mol. The molecule has 0 saturated carbocycles. The monoisotopic (exact) mass is 561 g/mol. The first kappa shape index (κ1) is 22.5. The van der Waals surface area contributed by atoms with Gasteiger partial charge in [0.25, 0.3) is 0 Å². The molecule has 33 heavy (non-hydrogen) atoms. The van der Waals surface area contributed by atoms with Crippen LogP contribution in [0.15, 0.2) is 60.2 Å². The quantitative estimate of drug-likeness (QED) is 0.431. The highest BCUT2D eigenvalue weighted by atomic mass is 127. The van der Waals surface area contributed by atoms with E-state index in [0.29, 0.717) is 24.0 Å². The molecule has 1 spiro atoms. The van der Waals surface area contributed by atoms with E-state index in [1.165, 1.54) is 11.1 Å². The van der Waals surface area contributed by atoms with Gasteiger partial charge in [0.05, 0.1) is 12.2 Å². The molecule has 2 aromatic carbocycles. The van der Waals surface area contributed by atoms with Crippen molar-refractivity contribution < 1.29 is 28.9 Å². The largest absolute Gasteiger partial charge is 0.456 e. The maximum atomic E-state index is 12.9. The number of carbonyl (C=O) groups is 2. The molecule has 0 aromatic heterocycles. The minimum absolute atomic E-state index is 0.147. The molecule has 3 atom stereocenters. The number of ether oxygens (including phenoxy) is 3. The number of halogens is 1. The maximum absolute atomic E-state index is 12.9. The minimum Gasteiger partial charge on any atom is -0.456 e. The zero-order valence-corrected chi connectivity index (χ0v) is 20.0. The molecule has 1 aliphatic heterocycles. The second kappa shape index (κ2) is 9.17. The number of esters is 1. The van der Waals surface area contributed by atoms with Crippen molar-refractivity contribution in [3.8, 4) is 0 Å². The molecule has 3 unspecified atom stereocenters. The van der Waals surface area contributed by atoms with Crippen molar-refractivity contribution in [2.45, 2.75) is 43.4 Å². The lowest BCUT2D eigenvalue weighted by Gasteiger charge is -2.30. The molecule has 1 heterocycles. The Labute approximate surface area is 205 Å². The van der Waals surface area contributed by atoms with Gasteiger partial charge in [0.1, 0.15) is 18.3 Å². The third kappa shape index (κ3) is 4.57. The van der Waals surface area contributed by atoms with Crippen LogP contribution in [0.25, 0.3) is 0 Å². The molecule has 1 amide bonds. The van der Waals surface area contributed by atoms with Crippen molar-refractivity contribution >= 4 is 34.5 Å². The van der Waals surface area contributed by atoms with E-state index >= 15 is 0 Å².